The predicted molar refractivity (Wildman–Crippen MR) is 111 cm³/mol. The van der Waals surface area contributed by atoms with Crippen LogP contribution in [0.5, 0.6) is 5.75 Å². The highest BCUT2D eigenvalue weighted by atomic mass is 32.2. The van der Waals surface area contributed by atoms with Crippen LogP contribution in [0.15, 0.2) is 35.2 Å². The van der Waals surface area contributed by atoms with Crippen molar-refractivity contribution in [3.63, 3.8) is 0 Å². The van der Waals surface area contributed by atoms with Gasteiger partial charge in [0.25, 0.3) is 10.0 Å². The topological polar surface area (TPSA) is 75.7 Å². The number of aryl methyl sites for hydroxylation is 3. The van der Waals surface area contributed by atoms with Crippen LogP contribution in [0.1, 0.15) is 37.0 Å². The van der Waals surface area contributed by atoms with Gasteiger partial charge in [-0.05, 0) is 81.1 Å². The number of carbonyl (C=O) groups is 1. The van der Waals surface area contributed by atoms with Crippen LogP contribution in [0.2, 0.25) is 0 Å². The lowest BCUT2D eigenvalue weighted by molar-refractivity contribution is -0.118. The predicted octanol–water partition coefficient (Wildman–Crippen LogP) is 3.80. The first-order valence-electron chi connectivity index (χ1n) is 9.47. The van der Waals surface area contributed by atoms with Crippen LogP contribution >= 0.6 is 0 Å². The van der Waals surface area contributed by atoms with Gasteiger partial charge in [0.2, 0.25) is 5.91 Å². The minimum atomic E-state index is -3.73. The van der Waals surface area contributed by atoms with E-state index in [2.05, 4.69) is 4.72 Å². The second-order valence-corrected chi connectivity index (χ2v) is 8.59. The molecule has 150 valence electrons. The van der Waals surface area contributed by atoms with E-state index in [1.165, 1.54) is 0 Å². The van der Waals surface area contributed by atoms with Crippen LogP contribution in [0.3, 0.4) is 0 Å². The Hall–Kier alpha value is -2.54. The molecule has 2 aromatic rings. The van der Waals surface area contributed by atoms with Crippen LogP contribution in [0.4, 0.5) is 11.4 Å². The third kappa shape index (κ3) is 3.85. The van der Waals surface area contributed by atoms with E-state index in [9.17, 15) is 13.2 Å². The van der Waals surface area contributed by atoms with Crippen molar-refractivity contribution in [2.45, 2.75) is 45.4 Å². The fraction of sp³-hybridized carbons (Fsp3) is 0.381. The highest BCUT2D eigenvalue weighted by Gasteiger charge is 2.24. The molecule has 1 aliphatic heterocycles. The minimum Gasteiger partial charge on any atom is -0.493 e. The van der Waals surface area contributed by atoms with Crippen molar-refractivity contribution < 1.29 is 17.9 Å². The number of hydrogen-bond acceptors (Lipinski definition) is 4. The summed E-state index contributed by atoms with van der Waals surface area (Å²) < 4.78 is 34.1. The normalized spacial score (nSPS) is 14.0. The molecule has 2 aromatic carbocycles. The quantitative estimate of drug-likeness (QED) is 0.797. The zero-order valence-corrected chi connectivity index (χ0v) is 17.5. The number of anilines is 2. The molecule has 1 N–H and O–H groups in total. The number of ether oxygens (including phenoxy) is 1. The molecule has 0 unspecified atom stereocenters. The molecule has 0 saturated carbocycles. The molecule has 28 heavy (non-hydrogen) atoms. The van der Waals surface area contributed by atoms with E-state index < -0.39 is 10.0 Å². The standard InChI is InChI=1S/C21H26N2O4S/c1-5-23-19-9-8-17(13-16(19)7-10-20(23)24)22-28(25,26)18-11-14(3)21(27-6-2)15(4)12-18/h8-9,11-13,22H,5-7,10H2,1-4H3. The monoisotopic (exact) mass is 402 g/mol. The molecule has 0 aromatic heterocycles. The Balaban J connectivity index is 1.90. The third-order valence-corrected chi connectivity index (χ3v) is 6.24. The first-order valence-corrected chi connectivity index (χ1v) is 10.9. The number of benzene rings is 2. The van der Waals surface area contributed by atoms with Crippen molar-refractivity contribution >= 4 is 27.3 Å². The Morgan fingerprint density at radius 2 is 1.75 bits per heavy atom. The van der Waals surface area contributed by atoms with Crippen molar-refractivity contribution in [3.8, 4) is 5.75 Å². The van der Waals surface area contributed by atoms with Crippen molar-refractivity contribution in [3.05, 3.63) is 47.0 Å². The van der Waals surface area contributed by atoms with Crippen LogP contribution in [-0.2, 0) is 21.2 Å². The molecule has 3 rings (SSSR count). The zero-order chi connectivity index (χ0) is 20.5. The maximum absolute atomic E-state index is 12.9. The molecule has 1 heterocycles. The maximum Gasteiger partial charge on any atom is 0.261 e. The van der Waals surface area contributed by atoms with E-state index in [-0.39, 0.29) is 10.8 Å². The third-order valence-electron chi connectivity index (χ3n) is 4.88. The Kier molecular flexibility index (Phi) is 5.65. The minimum absolute atomic E-state index is 0.101. The van der Waals surface area contributed by atoms with Gasteiger partial charge in [-0.15, -0.1) is 0 Å². The van der Waals surface area contributed by atoms with Crippen molar-refractivity contribution in [1.82, 2.24) is 0 Å². The Morgan fingerprint density at radius 1 is 1.07 bits per heavy atom. The van der Waals surface area contributed by atoms with Gasteiger partial charge in [-0.3, -0.25) is 9.52 Å². The smallest absolute Gasteiger partial charge is 0.261 e. The van der Waals surface area contributed by atoms with E-state index in [1.54, 1.807) is 23.1 Å². The largest absolute Gasteiger partial charge is 0.493 e. The lowest BCUT2D eigenvalue weighted by atomic mass is 10.0. The summed E-state index contributed by atoms with van der Waals surface area (Å²) in [4.78, 5) is 14.0. The summed E-state index contributed by atoms with van der Waals surface area (Å²) in [5.41, 5.74) is 3.89. The van der Waals surface area contributed by atoms with Gasteiger partial charge in [-0.2, -0.15) is 0 Å². The number of hydrogen-bond donors (Lipinski definition) is 1. The Morgan fingerprint density at radius 3 is 2.36 bits per heavy atom. The van der Waals surface area contributed by atoms with Gasteiger partial charge in [0, 0.05) is 24.3 Å². The summed E-state index contributed by atoms with van der Waals surface area (Å²) in [5, 5.41) is 0. The van der Waals surface area contributed by atoms with Crippen LogP contribution in [0.25, 0.3) is 0 Å². The van der Waals surface area contributed by atoms with Gasteiger partial charge in [-0.25, -0.2) is 8.42 Å². The molecule has 0 aliphatic carbocycles. The fourth-order valence-electron chi connectivity index (χ4n) is 3.62. The molecule has 1 amide bonds. The van der Waals surface area contributed by atoms with E-state index >= 15 is 0 Å². The SMILES string of the molecule is CCOc1c(C)cc(S(=O)(=O)Nc2ccc3c(c2)CCC(=O)N3CC)cc1C. The summed E-state index contributed by atoms with van der Waals surface area (Å²) in [5.74, 6) is 0.822. The second kappa shape index (κ2) is 7.83. The van der Waals surface area contributed by atoms with E-state index in [0.29, 0.717) is 31.7 Å². The first kappa shape index (κ1) is 20.2. The maximum atomic E-state index is 12.9. The lowest BCUT2D eigenvalue weighted by Gasteiger charge is -2.28. The molecular formula is C21H26N2O4S. The van der Waals surface area contributed by atoms with Gasteiger partial charge in [0.15, 0.2) is 0 Å². The molecule has 0 bridgehead atoms. The highest BCUT2D eigenvalue weighted by molar-refractivity contribution is 7.92. The lowest BCUT2D eigenvalue weighted by Crippen LogP contribution is -2.34. The number of nitrogens with zero attached hydrogens (tertiary/aromatic N) is 1. The molecule has 0 saturated heterocycles. The molecule has 7 heteroatoms. The van der Waals surface area contributed by atoms with Gasteiger partial charge in [0.05, 0.1) is 11.5 Å². The van der Waals surface area contributed by atoms with Crippen LogP contribution in [0, 0.1) is 13.8 Å². The number of amides is 1. The molecule has 0 spiro atoms. The van der Waals surface area contributed by atoms with E-state index in [0.717, 1.165) is 28.1 Å². The molecule has 0 fully saturated rings. The molecular weight excluding hydrogens is 376 g/mol. The van der Waals surface area contributed by atoms with Gasteiger partial charge >= 0.3 is 0 Å². The first-order chi connectivity index (χ1) is 13.3. The fourth-order valence-corrected chi connectivity index (χ4v) is 4.84. The van der Waals surface area contributed by atoms with Crippen LogP contribution in [-0.4, -0.2) is 27.5 Å². The highest BCUT2D eigenvalue weighted by Crippen LogP contribution is 2.32. The molecule has 1 aliphatic rings. The number of sulfonamides is 1. The van der Waals surface area contributed by atoms with Gasteiger partial charge in [-0.1, -0.05) is 0 Å². The average molecular weight is 403 g/mol. The number of rotatable bonds is 6. The molecule has 0 radical (unpaired) electrons. The summed E-state index contributed by atoms with van der Waals surface area (Å²) >= 11 is 0. The number of carbonyl (C=O) groups excluding carboxylic acids is 1. The van der Waals surface area contributed by atoms with Crippen molar-refractivity contribution in [2.75, 3.05) is 22.8 Å². The number of nitrogens with one attached hydrogen (secondary N) is 1. The van der Waals surface area contributed by atoms with E-state index in [4.69, 9.17) is 4.74 Å². The second-order valence-electron chi connectivity index (χ2n) is 6.91. The summed E-state index contributed by atoms with van der Waals surface area (Å²) in [7, 11) is -3.73. The van der Waals surface area contributed by atoms with Crippen LogP contribution < -0.4 is 14.4 Å². The molecule has 0 atom stereocenters. The van der Waals surface area contributed by atoms with Gasteiger partial charge in [0.1, 0.15) is 5.75 Å². The van der Waals surface area contributed by atoms with Crippen molar-refractivity contribution in [2.24, 2.45) is 0 Å². The Bertz CT molecular complexity index is 992. The number of fused-ring (bicyclic) bond motifs is 1. The summed E-state index contributed by atoms with van der Waals surface area (Å²) in [6, 6.07) is 8.57. The zero-order valence-electron chi connectivity index (χ0n) is 16.7. The van der Waals surface area contributed by atoms with Crippen molar-refractivity contribution in [1.29, 1.82) is 0 Å². The summed E-state index contributed by atoms with van der Waals surface area (Å²) in [6.45, 7) is 8.63. The van der Waals surface area contributed by atoms with E-state index in [1.807, 2.05) is 39.8 Å². The Labute approximate surface area is 166 Å². The van der Waals surface area contributed by atoms with Gasteiger partial charge < -0.3 is 9.64 Å². The summed E-state index contributed by atoms with van der Waals surface area (Å²) in [6.07, 6.45) is 1.05. The molecule has 6 nitrogen and oxygen atoms in total. The average Bonchev–Trinajstić information content (AvgIpc) is 2.64.